The highest BCUT2D eigenvalue weighted by atomic mass is 16.1. The van der Waals surface area contributed by atoms with Gasteiger partial charge < -0.3 is 9.88 Å². The van der Waals surface area contributed by atoms with Gasteiger partial charge in [-0.05, 0) is 30.5 Å². The number of carbonyl (C=O) groups excluding carboxylic acids is 1. The molecule has 0 aromatic carbocycles. The SMILES string of the molecule is CNC(=O)/C(C#N)=C/c1ccn(C2CCCC2)c1. The molecule has 0 atom stereocenters. The summed E-state index contributed by atoms with van der Waals surface area (Å²) in [4.78, 5) is 11.4. The van der Waals surface area contributed by atoms with Crippen LogP contribution in [0.4, 0.5) is 0 Å². The number of nitrogens with one attached hydrogen (secondary N) is 1. The Morgan fingerprint density at radius 2 is 2.28 bits per heavy atom. The first-order chi connectivity index (χ1) is 8.74. The van der Waals surface area contributed by atoms with Crippen molar-refractivity contribution in [3.8, 4) is 6.07 Å². The van der Waals surface area contributed by atoms with Gasteiger partial charge in [-0.3, -0.25) is 4.79 Å². The van der Waals surface area contributed by atoms with E-state index in [9.17, 15) is 4.79 Å². The minimum Gasteiger partial charge on any atom is -0.354 e. The molecule has 1 N–H and O–H groups in total. The van der Waals surface area contributed by atoms with E-state index in [1.807, 2.05) is 24.5 Å². The first-order valence-corrected chi connectivity index (χ1v) is 6.26. The van der Waals surface area contributed by atoms with Crippen molar-refractivity contribution in [2.45, 2.75) is 31.7 Å². The first kappa shape index (κ1) is 12.4. The van der Waals surface area contributed by atoms with E-state index in [2.05, 4.69) is 9.88 Å². The van der Waals surface area contributed by atoms with E-state index < -0.39 is 0 Å². The van der Waals surface area contributed by atoms with Crippen LogP contribution in [0.1, 0.15) is 37.3 Å². The predicted octanol–water partition coefficient (Wildman–Crippen LogP) is 2.26. The van der Waals surface area contributed by atoms with Crippen molar-refractivity contribution in [1.82, 2.24) is 9.88 Å². The van der Waals surface area contributed by atoms with Crippen LogP contribution in [-0.4, -0.2) is 17.5 Å². The van der Waals surface area contributed by atoms with E-state index in [0.717, 1.165) is 5.56 Å². The van der Waals surface area contributed by atoms with E-state index in [0.29, 0.717) is 6.04 Å². The third-order valence-corrected chi connectivity index (χ3v) is 3.39. The zero-order valence-corrected chi connectivity index (χ0v) is 10.5. The highest BCUT2D eigenvalue weighted by Gasteiger charge is 2.16. The van der Waals surface area contributed by atoms with Crippen LogP contribution < -0.4 is 5.32 Å². The van der Waals surface area contributed by atoms with Crippen molar-refractivity contribution in [3.63, 3.8) is 0 Å². The van der Waals surface area contributed by atoms with Crippen LogP contribution in [0, 0.1) is 11.3 Å². The van der Waals surface area contributed by atoms with Gasteiger partial charge in [-0.1, -0.05) is 12.8 Å². The van der Waals surface area contributed by atoms with Crippen molar-refractivity contribution >= 4 is 12.0 Å². The lowest BCUT2D eigenvalue weighted by atomic mass is 10.2. The maximum absolute atomic E-state index is 11.4. The van der Waals surface area contributed by atoms with E-state index >= 15 is 0 Å². The standard InChI is InChI=1S/C14H17N3O/c1-16-14(18)12(9-15)8-11-6-7-17(10-11)13-4-2-3-5-13/h6-8,10,13H,2-5H2,1H3,(H,16,18)/b12-8+. The van der Waals surface area contributed by atoms with Gasteiger partial charge in [0.05, 0.1) is 0 Å². The molecule has 1 saturated carbocycles. The zero-order valence-electron chi connectivity index (χ0n) is 10.5. The molecule has 0 spiro atoms. The Morgan fingerprint density at radius 1 is 1.56 bits per heavy atom. The second-order valence-corrected chi connectivity index (χ2v) is 4.58. The third kappa shape index (κ3) is 2.62. The van der Waals surface area contributed by atoms with Crippen molar-refractivity contribution < 1.29 is 4.79 Å². The Labute approximate surface area is 107 Å². The van der Waals surface area contributed by atoms with Crippen LogP contribution in [0.5, 0.6) is 0 Å². The third-order valence-electron chi connectivity index (χ3n) is 3.39. The Morgan fingerprint density at radius 3 is 2.89 bits per heavy atom. The number of carbonyl (C=O) groups is 1. The summed E-state index contributed by atoms with van der Waals surface area (Å²) in [7, 11) is 1.53. The van der Waals surface area contributed by atoms with Crippen LogP contribution in [0.3, 0.4) is 0 Å². The molecule has 94 valence electrons. The Balaban J connectivity index is 2.17. The van der Waals surface area contributed by atoms with Gasteiger partial charge in [0.25, 0.3) is 5.91 Å². The molecule has 1 aliphatic carbocycles. The van der Waals surface area contributed by atoms with Gasteiger partial charge in [-0.15, -0.1) is 0 Å². The second kappa shape index (κ2) is 5.54. The van der Waals surface area contributed by atoms with Crippen molar-refractivity contribution in [2.24, 2.45) is 0 Å². The van der Waals surface area contributed by atoms with E-state index in [4.69, 9.17) is 5.26 Å². The molecule has 1 aromatic rings. The molecule has 0 aliphatic heterocycles. The summed E-state index contributed by atoms with van der Waals surface area (Å²) < 4.78 is 2.19. The molecule has 1 fully saturated rings. The number of aromatic nitrogens is 1. The van der Waals surface area contributed by atoms with E-state index in [1.54, 1.807) is 6.08 Å². The van der Waals surface area contributed by atoms with Gasteiger partial charge in [0.2, 0.25) is 0 Å². The molecule has 1 heterocycles. The number of likely N-dealkylation sites (N-methyl/N-ethyl adjacent to an activating group) is 1. The number of nitrogens with zero attached hydrogens (tertiary/aromatic N) is 2. The van der Waals surface area contributed by atoms with E-state index in [1.165, 1.54) is 32.7 Å². The average molecular weight is 243 g/mol. The van der Waals surface area contributed by atoms with Gasteiger partial charge in [0.1, 0.15) is 11.6 Å². The molecule has 1 amide bonds. The predicted molar refractivity (Wildman–Crippen MR) is 69.6 cm³/mol. The van der Waals surface area contributed by atoms with Crippen LogP contribution in [-0.2, 0) is 4.79 Å². The summed E-state index contributed by atoms with van der Waals surface area (Å²) in [5.41, 5.74) is 1.05. The maximum atomic E-state index is 11.4. The lowest BCUT2D eigenvalue weighted by Crippen LogP contribution is -2.19. The van der Waals surface area contributed by atoms with Crippen molar-refractivity contribution in [2.75, 3.05) is 7.05 Å². The van der Waals surface area contributed by atoms with Gasteiger partial charge in [0.15, 0.2) is 0 Å². The summed E-state index contributed by atoms with van der Waals surface area (Å²) in [6.07, 6.45) is 10.7. The lowest BCUT2D eigenvalue weighted by molar-refractivity contribution is -0.116. The normalized spacial score (nSPS) is 16.6. The number of nitriles is 1. The highest BCUT2D eigenvalue weighted by Crippen LogP contribution is 2.29. The van der Waals surface area contributed by atoms with Crippen molar-refractivity contribution in [3.05, 3.63) is 29.6 Å². The highest BCUT2D eigenvalue weighted by molar-refractivity contribution is 6.01. The number of hydrogen-bond acceptors (Lipinski definition) is 2. The number of hydrogen-bond donors (Lipinski definition) is 1. The molecule has 18 heavy (non-hydrogen) atoms. The number of amides is 1. The van der Waals surface area contributed by atoms with Gasteiger partial charge in [-0.25, -0.2) is 0 Å². The van der Waals surface area contributed by atoms with Crippen LogP contribution >= 0.6 is 0 Å². The monoisotopic (exact) mass is 243 g/mol. The minimum atomic E-state index is -0.342. The number of rotatable bonds is 3. The summed E-state index contributed by atoms with van der Waals surface area (Å²) in [5.74, 6) is -0.342. The summed E-state index contributed by atoms with van der Waals surface area (Å²) in [5, 5.41) is 11.4. The molecule has 2 rings (SSSR count). The van der Waals surface area contributed by atoms with Crippen LogP contribution in [0.2, 0.25) is 0 Å². The molecule has 1 aliphatic rings. The zero-order chi connectivity index (χ0) is 13.0. The summed E-state index contributed by atoms with van der Waals surface area (Å²) >= 11 is 0. The second-order valence-electron chi connectivity index (χ2n) is 4.58. The Kier molecular flexibility index (Phi) is 3.83. The molecule has 0 unspecified atom stereocenters. The Hall–Kier alpha value is -2.02. The molecule has 0 saturated heterocycles. The van der Waals surface area contributed by atoms with Gasteiger partial charge >= 0.3 is 0 Å². The molecule has 4 nitrogen and oxygen atoms in total. The first-order valence-electron chi connectivity index (χ1n) is 6.26. The van der Waals surface area contributed by atoms with Gasteiger partial charge in [-0.2, -0.15) is 5.26 Å². The van der Waals surface area contributed by atoms with Gasteiger partial charge in [0, 0.05) is 25.5 Å². The average Bonchev–Trinajstić information content (AvgIpc) is 3.05. The molecular weight excluding hydrogens is 226 g/mol. The molecule has 1 aromatic heterocycles. The summed E-state index contributed by atoms with van der Waals surface area (Å²) in [6.45, 7) is 0. The van der Waals surface area contributed by atoms with E-state index in [-0.39, 0.29) is 11.5 Å². The molecular formula is C14H17N3O. The smallest absolute Gasteiger partial charge is 0.261 e. The van der Waals surface area contributed by atoms with Crippen LogP contribution in [0.15, 0.2) is 24.0 Å². The molecule has 4 heteroatoms. The fraction of sp³-hybridized carbons (Fsp3) is 0.429. The maximum Gasteiger partial charge on any atom is 0.261 e. The largest absolute Gasteiger partial charge is 0.354 e. The molecule has 0 bridgehead atoms. The fourth-order valence-electron chi connectivity index (χ4n) is 2.40. The van der Waals surface area contributed by atoms with Crippen molar-refractivity contribution in [1.29, 1.82) is 5.26 Å². The van der Waals surface area contributed by atoms with Crippen LogP contribution in [0.25, 0.3) is 6.08 Å². The lowest BCUT2D eigenvalue weighted by Gasteiger charge is -2.10. The minimum absolute atomic E-state index is 0.140. The molecule has 0 radical (unpaired) electrons. The topological polar surface area (TPSA) is 57.8 Å². The summed E-state index contributed by atoms with van der Waals surface area (Å²) in [6, 6.07) is 4.44. The quantitative estimate of drug-likeness (QED) is 0.654. The Bertz CT molecular complexity index is 501. The fourth-order valence-corrected chi connectivity index (χ4v) is 2.40.